The fourth-order valence-corrected chi connectivity index (χ4v) is 4.42. The van der Waals surface area contributed by atoms with Crippen LogP contribution in [-0.4, -0.2) is 27.0 Å². The lowest BCUT2D eigenvalue weighted by atomic mass is 9.98. The lowest BCUT2D eigenvalue weighted by Crippen LogP contribution is -2.20. The number of rotatable bonds is 3. The molecule has 0 unspecified atom stereocenters. The molecular weight excluding hydrogens is 350 g/mol. The average molecular weight is 369 g/mol. The summed E-state index contributed by atoms with van der Waals surface area (Å²) >= 11 is 1.21. The molecule has 0 radical (unpaired) electrons. The number of thiophene rings is 1. The Balaban J connectivity index is 1.70. The number of aryl methyl sites for hydroxylation is 1. The fraction of sp³-hybridized carbons (Fsp3) is 0.368. The fourth-order valence-electron chi connectivity index (χ4n) is 3.35. The van der Waals surface area contributed by atoms with Crippen molar-refractivity contribution in [2.24, 2.45) is 0 Å². The van der Waals surface area contributed by atoms with Gasteiger partial charge in [0.1, 0.15) is 21.5 Å². The molecule has 1 aliphatic rings. The van der Waals surface area contributed by atoms with Crippen molar-refractivity contribution in [1.82, 2.24) is 15.0 Å². The first-order valence-corrected chi connectivity index (χ1v) is 9.61. The molecule has 3 heterocycles. The lowest BCUT2D eigenvalue weighted by molar-refractivity contribution is 0.0216. The first kappa shape index (κ1) is 16.9. The van der Waals surface area contributed by atoms with E-state index in [-0.39, 0.29) is 17.6 Å². The molecule has 7 heteroatoms. The van der Waals surface area contributed by atoms with Crippen LogP contribution in [0.4, 0.5) is 0 Å². The highest BCUT2D eigenvalue weighted by Gasteiger charge is 2.24. The first-order chi connectivity index (χ1) is 12.6. The van der Waals surface area contributed by atoms with Gasteiger partial charge in [-0.3, -0.25) is 9.78 Å². The molecule has 0 bridgehead atoms. The molecule has 0 aromatic carbocycles. The predicted molar refractivity (Wildman–Crippen MR) is 100 cm³/mol. The third-order valence-corrected chi connectivity index (χ3v) is 5.89. The number of ether oxygens (including phenoxy) is 1. The third kappa shape index (κ3) is 3.14. The Kier molecular flexibility index (Phi) is 4.55. The van der Waals surface area contributed by atoms with Crippen molar-refractivity contribution in [3.63, 3.8) is 0 Å². The summed E-state index contributed by atoms with van der Waals surface area (Å²) in [6, 6.07) is 5.41. The van der Waals surface area contributed by atoms with E-state index in [2.05, 4.69) is 15.0 Å². The molecule has 26 heavy (non-hydrogen) atoms. The number of nitrogens with zero attached hydrogens (tertiary/aromatic N) is 2. The number of pyridine rings is 1. The van der Waals surface area contributed by atoms with Gasteiger partial charge in [0.05, 0.1) is 5.39 Å². The number of carbonyl (C=O) groups is 1. The van der Waals surface area contributed by atoms with Gasteiger partial charge in [0, 0.05) is 6.20 Å². The van der Waals surface area contributed by atoms with E-state index in [0.29, 0.717) is 32.2 Å². The van der Waals surface area contributed by atoms with Crippen molar-refractivity contribution in [1.29, 1.82) is 0 Å². The number of aromatic nitrogens is 3. The normalized spacial score (nSPS) is 15.3. The van der Waals surface area contributed by atoms with Crippen molar-refractivity contribution in [2.75, 3.05) is 0 Å². The molecule has 1 saturated carbocycles. The van der Waals surface area contributed by atoms with Crippen LogP contribution in [0, 0.1) is 6.92 Å². The average Bonchev–Trinajstić information content (AvgIpc) is 3.00. The van der Waals surface area contributed by atoms with E-state index >= 15 is 0 Å². The molecule has 0 atom stereocenters. The molecule has 3 aromatic heterocycles. The summed E-state index contributed by atoms with van der Waals surface area (Å²) in [5.74, 6) is 0.0488. The highest BCUT2D eigenvalue weighted by Crippen LogP contribution is 2.30. The second-order valence-electron chi connectivity index (χ2n) is 6.53. The van der Waals surface area contributed by atoms with E-state index in [1.807, 2.05) is 6.07 Å². The SMILES string of the molecule is Cc1c(C(=O)OC2CCCCC2)sc2nc(-c3ccccn3)[nH]c(=O)c12. The maximum atomic E-state index is 12.6. The van der Waals surface area contributed by atoms with Crippen molar-refractivity contribution < 1.29 is 9.53 Å². The molecular formula is C19H19N3O3S. The Hall–Kier alpha value is -2.54. The van der Waals surface area contributed by atoms with Crippen LogP contribution in [0.25, 0.3) is 21.7 Å². The van der Waals surface area contributed by atoms with Gasteiger partial charge in [-0.05, 0) is 50.3 Å². The second kappa shape index (κ2) is 6.99. The molecule has 4 rings (SSSR count). The van der Waals surface area contributed by atoms with Crippen LogP contribution in [0.15, 0.2) is 29.2 Å². The van der Waals surface area contributed by atoms with Crippen molar-refractivity contribution >= 4 is 27.5 Å². The van der Waals surface area contributed by atoms with Crippen LogP contribution >= 0.6 is 11.3 Å². The number of nitrogens with one attached hydrogen (secondary N) is 1. The quantitative estimate of drug-likeness (QED) is 0.709. The zero-order valence-electron chi connectivity index (χ0n) is 14.4. The van der Waals surface area contributed by atoms with E-state index in [9.17, 15) is 9.59 Å². The Morgan fingerprint density at radius 1 is 1.27 bits per heavy atom. The summed E-state index contributed by atoms with van der Waals surface area (Å²) in [6.45, 7) is 1.77. The van der Waals surface area contributed by atoms with Gasteiger partial charge in [-0.15, -0.1) is 11.3 Å². The Morgan fingerprint density at radius 2 is 2.08 bits per heavy atom. The van der Waals surface area contributed by atoms with E-state index < -0.39 is 0 Å². The first-order valence-electron chi connectivity index (χ1n) is 8.79. The van der Waals surface area contributed by atoms with Gasteiger partial charge in [0.2, 0.25) is 0 Å². The molecule has 0 saturated heterocycles. The third-order valence-electron chi connectivity index (χ3n) is 4.72. The van der Waals surface area contributed by atoms with Gasteiger partial charge in [-0.1, -0.05) is 12.5 Å². The summed E-state index contributed by atoms with van der Waals surface area (Å²) in [5.41, 5.74) is 0.956. The molecule has 0 aliphatic heterocycles. The maximum Gasteiger partial charge on any atom is 0.348 e. The molecule has 1 fully saturated rings. The van der Waals surface area contributed by atoms with E-state index in [1.54, 1.807) is 25.3 Å². The minimum atomic E-state index is -0.351. The molecule has 3 aromatic rings. The van der Waals surface area contributed by atoms with Crippen LogP contribution in [0.1, 0.15) is 47.3 Å². The molecule has 6 nitrogen and oxygen atoms in total. The highest BCUT2D eigenvalue weighted by molar-refractivity contribution is 7.20. The summed E-state index contributed by atoms with van der Waals surface area (Å²) in [5, 5.41) is 0.449. The maximum absolute atomic E-state index is 12.6. The number of carbonyl (C=O) groups excluding carboxylic acids is 1. The number of aromatic amines is 1. The largest absolute Gasteiger partial charge is 0.458 e. The topological polar surface area (TPSA) is 84.9 Å². The van der Waals surface area contributed by atoms with Crippen LogP contribution in [0.3, 0.4) is 0 Å². The summed E-state index contributed by atoms with van der Waals surface area (Å²) in [6.07, 6.45) is 6.85. The molecule has 0 amide bonds. The van der Waals surface area contributed by atoms with E-state index in [4.69, 9.17) is 4.74 Å². The van der Waals surface area contributed by atoms with E-state index in [0.717, 1.165) is 25.7 Å². The van der Waals surface area contributed by atoms with Gasteiger partial charge in [0.25, 0.3) is 5.56 Å². The lowest BCUT2D eigenvalue weighted by Gasteiger charge is -2.21. The number of H-pyrrole nitrogens is 1. The van der Waals surface area contributed by atoms with Gasteiger partial charge < -0.3 is 9.72 Å². The minimum Gasteiger partial charge on any atom is -0.458 e. The molecule has 1 aliphatic carbocycles. The zero-order chi connectivity index (χ0) is 18.1. The standard InChI is InChI=1S/C19H19N3O3S/c1-11-14-17(23)21-16(13-9-5-6-10-20-13)22-18(14)26-15(11)19(24)25-12-7-3-2-4-8-12/h5-6,9-10,12H,2-4,7-8H2,1H3,(H,21,22,23). The molecule has 1 N–H and O–H groups in total. The smallest absolute Gasteiger partial charge is 0.348 e. The Morgan fingerprint density at radius 3 is 2.81 bits per heavy atom. The molecule has 134 valence electrons. The molecule has 0 spiro atoms. The monoisotopic (exact) mass is 369 g/mol. The second-order valence-corrected chi connectivity index (χ2v) is 7.53. The van der Waals surface area contributed by atoms with Crippen LogP contribution in [0.5, 0.6) is 0 Å². The minimum absolute atomic E-state index is 0.0174. The highest BCUT2D eigenvalue weighted by atomic mass is 32.1. The van der Waals surface area contributed by atoms with Crippen LogP contribution in [-0.2, 0) is 4.74 Å². The Labute approximate surface area is 154 Å². The summed E-state index contributed by atoms with van der Waals surface area (Å²) in [7, 11) is 0. The van der Waals surface area contributed by atoms with Gasteiger partial charge in [0.15, 0.2) is 5.82 Å². The number of esters is 1. The van der Waals surface area contributed by atoms with Crippen molar-refractivity contribution in [3.8, 4) is 11.5 Å². The number of fused-ring (bicyclic) bond motifs is 1. The predicted octanol–water partition coefficient (Wildman–Crippen LogP) is 3.84. The van der Waals surface area contributed by atoms with E-state index in [1.165, 1.54) is 17.8 Å². The van der Waals surface area contributed by atoms with Crippen molar-refractivity contribution in [2.45, 2.75) is 45.1 Å². The zero-order valence-corrected chi connectivity index (χ0v) is 15.3. The van der Waals surface area contributed by atoms with Crippen LogP contribution < -0.4 is 5.56 Å². The van der Waals surface area contributed by atoms with Crippen molar-refractivity contribution in [3.05, 3.63) is 45.2 Å². The summed E-state index contributed by atoms with van der Waals surface area (Å²) < 4.78 is 5.66. The van der Waals surface area contributed by atoms with Gasteiger partial charge in [-0.25, -0.2) is 9.78 Å². The van der Waals surface area contributed by atoms with Crippen LogP contribution in [0.2, 0.25) is 0 Å². The number of hydrogen-bond donors (Lipinski definition) is 1. The summed E-state index contributed by atoms with van der Waals surface area (Å²) in [4.78, 5) is 37.6. The number of hydrogen-bond acceptors (Lipinski definition) is 6. The Bertz CT molecular complexity index is 1000. The van der Waals surface area contributed by atoms with Gasteiger partial charge in [-0.2, -0.15) is 0 Å². The van der Waals surface area contributed by atoms with Gasteiger partial charge >= 0.3 is 5.97 Å².